The van der Waals surface area contributed by atoms with Gasteiger partial charge in [0.1, 0.15) is 6.04 Å². The van der Waals surface area contributed by atoms with Crippen molar-refractivity contribution in [2.24, 2.45) is 0 Å². The molecule has 1 rings (SSSR count). The van der Waals surface area contributed by atoms with Crippen LogP contribution in [-0.2, 0) is 9.53 Å². The Bertz CT molecular complexity index is 273. The predicted octanol–water partition coefficient (Wildman–Crippen LogP) is 2.19. The molecule has 0 N–H and O–H groups in total. The number of rotatable bonds is 3. The Labute approximate surface area is 104 Å². The molecule has 1 unspecified atom stereocenters. The molecule has 92 valence electrons. The standard InChI is InChI=1S/C10H17NO3S2/c1-4-7(2)16-10(13)11-6-15-5-8(11)9(12)14-3/h7-8H,4-6H2,1-3H3/t7?,8-/m0/s1. The van der Waals surface area contributed by atoms with E-state index in [4.69, 9.17) is 4.74 Å². The third-order valence-electron chi connectivity index (χ3n) is 2.47. The lowest BCUT2D eigenvalue weighted by molar-refractivity contribution is -0.144. The van der Waals surface area contributed by atoms with Gasteiger partial charge < -0.3 is 9.64 Å². The Morgan fingerprint density at radius 2 is 2.31 bits per heavy atom. The maximum atomic E-state index is 11.9. The maximum absolute atomic E-state index is 11.9. The van der Waals surface area contributed by atoms with Crippen LogP contribution in [0.5, 0.6) is 0 Å². The van der Waals surface area contributed by atoms with Gasteiger partial charge in [-0.15, -0.1) is 11.8 Å². The van der Waals surface area contributed by atoms with Crippen molar-refractivity contribution in [3.8, 4) is 0 Å². The second-order valence-corrected chi connectivity index (χ2v) is 6.00. The molecule has 2 atom stereocenters. The first-order valence-corrected chi connectivity index (χ1v) is 7.26. The van der Waals surface area contributed by atoms with Crippen LogP contribution in [0.4, 0.5) is 4.79 Å². The lowest BCUT2D eigenvalue weighted by Crippen LogP contribution is -2.41. The van der Waals surface area contributed by atoms with E-state index in [2.05, 4.69) is 0 Å². The summed E-state index contributed by atoms with van der Waals surface area (Å²) in [4.78, 5) is 25.0. The Hall–Kier alpha value is -0.360. The van der Waals surface area contributed by atoms with E-state index in [1.54, 1.807) is 16.7 Å². The molecular weight excluding hydrogens is 246 g/mol. The Morgan fingerprint density at radius 3 is 2.88 bits per heavy atom. The molecule has 1 fully saturated rings. The molecule has 0 spiro atoms. The van der Waals surface area contributed by atoms with Gasteiger partial charge in [-0.2, -0.15) is 0 Å². The van der Waals surface area contributed by atoms with Crippen molar-refractivity contribution in [3.63, 3.8) is 0 Å². The summed E-state index contributed by atoms with van der Waals surface area (Å²) in [5, 5.41) is 0.270. The van der Waals surface area contributed by atoms with Crippen molar-refractivity contribution in [1.82, 2.24) is 4.90 Å². The zero-order valence-electron chi connectivity index (χ0n) is 9.76. The van der Waals surface area contributed by atoms with Crippen molar-refractivity contribution < 1.29 is 14.3 Å². The fraction of sp³-hybridized carbons (Fsp3) is 0.800. The number of carbonyl (C=O) groups is 2. The van der Waals surface area contributed by atoms with Crippen LogP contribution in [0, 0.1) is 0 Å². The normalized spacial score (nSPS) is 21.9. The number of amides is 1. The van der Waals surface area contributed by atoms with Gasteiger partial charge in [-0.25, -0.2) is 4.79 Å². The van der Waals surface area contributed by atoms with Crippen molar-refractivity contribution in [3.05, 3.63) is 0 Å². The summed E-state index contributed by atoms with van der Waals surface area (Å²) in [6.45, 7) is 4.06. The number of carbonyl (C=O) groups excluding carboxylic acids is 2. The zero-order chi connectivity index (χ0) is 12.1. The van der Waals surface area contributed by atoms with E-state index in [0.29, 0.717) is 11.6 Å². The molecule has 1 saturated heterocycles. The molecule has 1 aliphatic rings. The largest absolute Gasteiger partial charge is 0.467 e. The van der Waals surface area contributed by atoms with Gasteiger partial charge in [0.15, 0.2) is 0 Å². The van der Waals surface area contributed by atoms with Crippen LogP contribution >= 0.6 is 23.5 Å². The number of ether oxygens (including phenoxy) is 1. The lowest BCUT2D eigenvalue weighted by Gasteiger charge is -2.22. The molecule has 6 heteroatoms. The Kier molecular flexibility index (Phi) is 5.48. The minimum atomic E-state index is -0.404. The maximum Gasteiger partial charge on any atom is 0.329 e. The van der Waals surface area contributed by atoms with Crippen LogP contribution in [0.3, 0.4) is 0 Å². The third-order valence-corrected chi connectivity index (χ3v) is 4.65. The predicted molar refractivity (Wildman–Crippen MR) is 67.7 cm³/mol. The summed E-state index contributed by atoms with van der Waals surface area (Å²) in [5.41, 5.74) is 0. The SMILES string of the molecule is CCC(C)SC(=O)N1CSC[C@H]1C(=O)OC. The molecule has 1 heterocycles. The van der Waals surface area contributed by atoms with E-state index in [9.17, 15) is 9.59 Å². The first-order valence-electron chi connectivity index (χ1n) is 5.23. The van der Waals surface area contributed by atoms with Gasteiger partial charge in [-0.05, 0) is 6.42 Å². The zero-order valence-corrected chi connectivity index (χ0v) is 11.4. The van der Waals surface area contributed by atoms with Crippen LogP contribution in [0.1, 0.15) is 20.3 Å². The molecule has 0 radical (unpaired) electrons. The average molecular weight is 263 g/mol. The van der Waals surface area contributed by atoms with Crippen LogP contribution < -0.4 is 0 Å². The smallest absolute Gasteiger partial charge is 0.329 e. The number of esters is 1. The van der Waals surface area contributed by atoms with Crippen LogP contribution in [0.2, 0.25) is 0 Å². The van der Waals surface area contributed by atoms with Crippen LogP contribution in [0.15, 0.2) is 0 Å². The summed E-state index contributed by atoms with van der Waals surface area (Å²) in [6, 6.07) is -0.404. The molecule has 0 aliphatic carbocycles. The number of hydrogen-bond donors (Lipinski definition) is 0. The van der Waals surface area contributed by atoms with E-state index < -0.39 is 6.04 Å². The molecule has 0 aromatic heterocycles. The molecule has 16 heavy (non-hydrogen) atoms. The second kappa shape index (κ2) is 6.39. The highest BCUT2D eigenvalue weighted by molar-refractivity contribution is 8.14. The first-order chi connectivity index (χ1) is 7.60. The molecule has 1 aliphatic heterocycles. The third kappa shape index (κ3) is 3.31. The van der Waals surface area contributed by atoms with E-state index in [-0.39, 0.29) is 16.5 Å². The number of hydrogen-bond acceptors (Lipinski definition) is 5. The highest BCUT2D eigenvalue weighted by Gasteiger charge is 2.35. The van der Waals surface area contributed by atoms with Crippen LogP contribution in [-0.4, -0.2) is 46.1 Å². The van der Waals surface area contributed by atoms with E-state index in [1.807, 2.05) is 13.8 Å². The van der Waals surface area contributed by atoms with Crippen molar-refractivity contribution in [1.29, 1.82) is 0 Å². The van der Waals surface area contributed by atoms with Gasteiger partial charge in [-0.1, -0.05) is 25.6 Å². The van der Waals surface area contributed by atoms with E-state index in [0.717, 1.165) is 6.42 Å². The fourth-order valence-corrected chi connectivity index (χ4v) is 3.34. The summed E-state index contributed by atoms with van der Waals surface area (Å²) in [5.74, 6) is 0.907. The molecule has 0 bridgehead atoms. The number of methoxy groups -OCH3 is 1. The summed E-state index contributed by atoms with van der Waals surface area (Å²) in [6.07, 6.45) is 0.945. The Balaban J connectivity index is 2.57. The van der Waals surface area contributed by atoms with Crippen molar-refractivity contribution >= 4 is 34.7 Å². The number of thioether (sulfide) groups is 2. The molecule has 1 amide bonds. The van der Waals surface area contributed by atoms with Gasteiger partial charge in [0.2, 0.25) is 0 Å². The summed E-state index contributed by atoms with van der Waals surface area (Å²) < 4.78 is 4.69. The monoisotopic (exact) mass is 263 g/mol. The van der Waals surface area contributed by atoms with Gasteiger partial charge in [0.25, 0.3) is 5.24 Å². The first kappa shape index (κ1) is 13.7. The molecule has 0 saturated carbocycles. The van der Waals surface area contributed by atoms with Gasteiger partial charge in [0.05, 0.1) is 13.0 Å². The highest BCUT2D eigenvalue weighted by atomic mass is 32.2. The summed E-state index contributed by atoms with van der Waals surface area (Å²) in [7, 11) is 1.36. The highest BCUT2D eigenvalue weighted by Crippen LogP contribution is 2.27. The van der Waals surface area contributed by atoms with Gasteiger partial charge >= 0.3 is 5.97 Å². The fourth-order valence-electron chi connectivity index (χ4n) is 1.28. The van der Waals surface area contributed by atoms with E-state index in [1.165, 1.54) is 18.9 Å². The molecule has 0 aromatic carbocycles. The average Bonchev–Trinajstić information content (AvgIpc) is 2.76. The Morgan fingerprint density at radius 1 is 1.62 bits per heavy atom. The topological polar surface area (TPSA) is 46.6 Å². The molecule has 0 aromatic rings. The summed E-state index contributed by atoms with van der Waals surface area (Å²) >= 11 is 2.88. The van der Waals surface area contributed by atoms with Crippen LogP contribution in [0.25, 0.3) is 0 Å². The quantitative estimate of drug-likeness (QED) is 0.730. The molecular formula is C10H17NO3S2. The lowest BCUT2D eigenvalue weighted by atomic mass is 10.3. The van der Waals surface area contributed by atoms with E-state index >= 15 is 0 Å². The minimum Gasteiger partial charge on any atom is -0.467 e. The molecule has 4 nitrogen and oxygen atoms in total. The number of nitrogens with zero attached hydrogens (tertiary/aromatic N) is 1. The second-order valence-electron chi connectivity index (χ2n) is 3.61. The van der Waals surface area contributed by atoms with Crippen molar-refractivity contribution in [2.45, 2.75) is 31.6 Å². The minimum absolute atomic E-state index is 0.0187. The van der Waals surface area contributed by atoms with Gasteiger partial charge in [-0.3, -0.25) is 4.79 Å². The van der Waals surface area contributed by atoms with Gasteiger partial charge in [0, 0.05) is 11.0 Å². The van der Waals surface area contributed by atoms with Crippen molar-refractivity contribution in [2.75, 3.05) is 18.7 Å².